The third-order valence-electron chi connectivity index (χ3n) is 5.08. The molecule has 1 aliphatic rings. The van der Waals surface area contributed by atoms with E-state index in [-0.39, 0.29) is 5.92 Å². The molecule has 2 aromatic rings. The second kappa shape index (κ2) is 6.08. The molecule has 0 radical (unpaired) electrons. The number of ketones is 1. The molecular weight excluding hydrogens is 268 g/mol. The molecule has 2 atom stereocenters. The normalized spacial score (nSPS) is 21.9. The lowest BCUT2D eigenvalue weighted by molar-refractivity contribution is -0.122. The Morgan fingerprint density at radius 3 is 2.23 bits per heavy atom. The summed E-state index contributed by atoms with van der Waals surface area (Å²) in [6.45, 7) is 6.39. The maximum atomic E-state index is 12.6. The summed E-state index contributed by atoms with van der Waals surface area (Å²) in [6.07, 6.45) is 2.84. The maximum Gasteiger partial charge on any atom is 0.140 e. The van der Waals surface area contributed by atoms with Crippen molar-refractivity contribution in [3.8, 4) is 0 Å². The van der Waals surface area contributed by atoms with Crippen LogP contribution in [-0.4, -0.2) is 5.78 Å². The van der Waals surface area contributed by atoms with E-state index in [0.717, 1.165) is 19.3 Å². The fourth-order valence-corrected chi connectivity index (χ4v) is 3.59. The Bertz CT molecular complexity index is 682. The van der Waals surface area contributed by atoms with E-state index >= 15 is 0 Å². The molecule has 1 heteroatoms. The topological polar surface area (TPSA) is 17.1 Å². The third kappa shape index (κ3) is 2.85. The summed E-state index contributed by atoms with van der Waals surface area (Å²) in [7, 11) is 0. The second-order valence-electron chi connectivity index (χ2n) is 6.70. The zero-order valence-electron chi connectivity index (χ0n) is 13.7. The Kier molecular flexibility index (Phi) is 4.15. The lowest BCUT2D eigenvalue weighted by Gasteiger charge is -2.31. The van der Waals surface area contributed by atoms with E-state index in [2.05, 4.69) is 63.2 Å². The molecule has 1 aliphatic carbocycles. The second-order valence-corrected chi connectivity index (χ2v) is 6.70. The quantitative estimate of drug-likeness (QED) is 0.740. The first-order chi connectivity index (χ1) is 10.6. The summed E-state index contributed by atoms with van der Waals surface area (Å²) < 4.78 is 0. The molecule has 0 saturated heterocycles. The van der Waals surface area contributed by atoms with Crippen molar-refractivity contribution in [3.63, 3.8) is 0 Å². The molecule has 0 spiro atoms. The first kappa shape index (κ1) is 15.0. The summed E-state index contributed by atoms with van der Waals surface area (Å²) >= 11 is 0. The summed E-state index contributed by atoms with van der Waals surface area (Å²) in [5, 5.41) is 0. The Labute approximate surface area is 133 Å². The zero-order valence-corrected chi connectivity index (χ0v) is 13.7. The van der Waals surface area contributed by atoms with Gasteiger partial charge in [-0.25, -0.2) is 0 Å². The number of Topliss-reactive ketones (excluding diaryl/α,β-unsaturated/α-hetero) is 1. The van der Waals surface area contributed by atoms with E-state index in [1.54, 1.807) is 0 Å². The first-order valence-electron chi connectivity index (χ1n) is 8.22. The van der Waals surface area contributed by atoms with Gasteiger partial charge in [0, 0.05) is 12.3 Å². The Morgan fingerprint density at radius 1 is 0.864 bits per heavy atom. The molecule has 0 unspecified atom stereocenters. The van der Waals surface area contributed by atoms with E-state index in [9.17, 15) is 4.79 Å². The molecule has 0 aliphatic heterocycles. The van der Waals surface area contributed by atoms with Gasteiger partial charge in [0.05, 0.1) is 0 Å². The molecule has 1 nitrogen and oxygen atoms in total. The molecule has 2 aromatic carbocycles. The number of benzene rings is 2. The zero-order chi connectivity index (χ0) is 15.7. The maximum absolute atomic E-state index is 12.6. The summed E-state index contributed by atoms with van der Waals surface area (Å²) in [4.78, 5) is 12.6. The van der Waals surface area contributed by atoms with Crippen molar-refractivity contribution in [2.75, 3.05) is 0 Å². The molecule has 0 bridgehead atoms. The van der Waals surface area contributed by atoms with Gasteiger partial charge < -0.3 is 0 Å². The van der Waals surface area contributed by atoms with Crippen LogP contribution in [0, 0.1) is 20.8 Å². The van der Waals surface area contributed by atoms with Crippen molar-refractivity contribution in [1.29, 1.82) is 0 Å². The van der Waals surface area contributed by atoms with Gasteiger partial charge in [0.2, 0.25) is 0 Å². The molecule has 1 fully saturated rings. The summed E-state index contributed by atoms with van der Waals surface area (Å²) in [5.41, 5.74) is 6.38. The first-order valence-corrected chi connectivity index (χ1v) is 8.22. The van der Waals surface area contributed by atoms with Crippen molar-refractivity contribution in [3.05, 3.63) is 70.3 Å². The van der Waals surface area contributed by atoms with Gasteiger partial charge in [0.15, 0.2) is 0 Å². The smallest absolute Gasteiger partial charge is 0.140 e. The predicted molar refractivity (Wildman–Crippen MR) is 91.4 cm³/mol. The molecule has 0 N–H and O–H groups in total. The lowest BCUT2D eigenvalue weighted by atomic mass is 9.71. The van der Waals surface area contributed by atoms with Crippen molar-refractivity contribution in [1.82, 2.24) is 0 Å². The average molecular weight is 292 g/mol. The number of carbonyl (C=O) groups is 1. The van der Waals surface area contributed by atoms with Gasteiger partial charge in [-0.3, -0.25) is 4.79 Å². The van der Waals surface area contributed by atoms with E-state index in [1.165, 1.54) is 27.8 Å². The van der Waals surface area contributed by atoms with Crippen LogP contribution in [0.3, 0.4) is 0 Å². The Hall–Kier alpha value is -1.89. The third-order valence-corrected chi connectivity index (χ3v) is 5.08. The van der Waals surface area contributed by atoms with Crippen LogP contribution in [0.1, 0.15) is 58.9 Å². The highest BCUT2D eigenvalue weighted by Gasteiger charge is 2.34. The van der Waals surface area contributed by atoms with Crippen LogP contribution >= 0.6 is 0 Å². The van der Waals surface area contributed by atoms with Crippen molar-refractivity contribution in [2.45, 2.75) is 51.9 Å². The highest BCUT2D eigenvalue weighted by atomic mass is 16.1. The Morgan fingerprint density at radius 2 is 1.55 bits per heavy atom. The number of hydrogen-bond donors (Lipinski definition) is 0. The molecule has 1 saturated carbocycles. The molecule has 0 aromatic heterocycles. The van der Waals surface area contributed by atoms with Crippen LogP contribution in [-0.2, 0) is 4.79 Å². The minimum Gasteiger partial charge on any atom is -0.299 e. The predicted octanol–water partition coefficient (Wildman–Crippen LogP) is 5.23. The SMILES string of the molecule is Cc1ccc([C@@H]2C(=O)CCC[C@H]2c2ccc(C)c(C)c2)cc1. The van der Waals surface area contributed by atoms with E-state index in [4.69, 9.17) is 0 Å². The van der Waals surface area contributed by atoms with Gasteiger partial charge in [-0.2, -0.15) is 0 Å². The number of carbonyl (C=O) groups excluding carboxylic acids is 1. The molecule has 114 valence electrons. The molecule has 3 rings (SSSR count). The van der Waals surface area contributed by atoms with Crippen LogP contribution in [0.15, 0.2) is 42.5 Å². The van der Waals surface area contributed by atoms with Gasteiger partial charge in [0.1, 0.15) is 5.78 Å². The van der Waals surface area contributed by atoms with Crippen LogP contribution in [0.25, 0.3) is 0 Å². The van der Waals surface area contributed by atoms with Crippen LogP contribution in [0.4, 0.5) is 0 Å². The van der Waals surface area contributed by atoms with Gasteiger partial charge in [-0.05, 0) is 61.8 Å². The highest BCUT2D eigenvalue weighted by Crippen LogP contribution is 2.42. The standard InChI is InChI=1S/C21H24O/c1-14-7-10-17(11-8-14)21-19(5-4-6-20(21)22)18-12-9-15(2)16(3)13-18/h7-13,19,21H,4-6H2,1-3H3/t19-,21-/m0/s1. The molecular formula is C21H24O. The number of aryl methyl sites for hydroxylation is 3. The van der Waals surface area contributed by atoms with Crippen LogP contribution in [0.2, 0.25) is 0 Å². The highest BCUT2D eigenvalue weighted by molar-refractivity contribution is 5.87. The van der Waals surface area contributed by atoms with Gasteiger partial charge in [0.25, 0.3) is 0 Å². The average Bonchev–Trinajstić information content (AvgIpc) is 2.51. The van der Waals surface area contributed by atoms with Gasteiger partial charge in [-0.15, -0.1) is 0 Å². The van der Waals surface area contributed by atoms with E-state index in [1.807, 2.05) is 0 Å². The van der Waals surface area contributed by atoms with Crippen molar-refractivity contribution >= 4 is 5.78 Å². The van der Waals surface area contributed by atoms with Crippen molar-refractivity contribution in [2.24, 2.45) is 0 Å². The van der Waals surface area contributed by atoms with E-state index in [0.29, 0.717) is 11.7 Å². The van der Waals surface area contributed by atoms with Gasteiger partial charge in [-0.1, -0.05) is 48.0 Å². The summed E-state index contributed by atoms with van der Waals surface area (Å²) in [6, 6.07) is 15.2. The lowest BCUT2D eigenvalue weighted by Crippen LogP contribution is -2.25. The fraction of sp³-hybridized carbons (Fsp3) is 0.381. The largest absolute Gasteiger partial charge is 0.299 e. The number of hydrogen-bond acceptors (Lipinski definition) is 1. The number of rotatable bonds is 2. The van der Waals surface area contributed by atoms with Crippen LogP contribution < -0.4 is 0 Å². The van der Waals surface area contributed by atoms with Crippen LogP contribution in [0.5, 0.6) is 0 Å². The van der Waals surface area contributed by atoms with Gasteiger partial charge >= 0.3 is 0 Å². The minimum absolute atomic E-state index is 0.0245. The molecule has 0 amide bonds. The monoisotopic (exact) mass is 292 g/mol. The Balaban J connectivity index is 2.01. The molecule has 0 heterocycles. The minimum atomic E-state index is 0.0245. The van der Waals surface area contributed by atoms with E-state index < -0.39 is 0 Å². The summed E-state index contributed by atoms with van der Waals surface area (Å²) in [5.74, 6) is 0.748. The fourth-order valence-electron chi connectivity index (χ4n) is 3.59. The van der Waals surface area contributed by atoms with Crippen molar-refractivity contribution < 1.29 is 4.79 Å². The molecule has 22 heavy (non-hydrogen) atoms.